The number of H-pyrrole nitrogens is 1. The number of aromatic amines is 1. The Labute approximate surface area is 185 Å². The molecule has 1 aliphatic rings. The number of hydrogen-bond donors (Lipinski definition) is 1. The van der Waals surface area contributed by atoms with Gasteiger partial charge in [0.25, 0.3) is 5.56 Å². The molecule has 3 aromatic heterocycles. The zero-order valence-electron chi connectivity index (χ0n) is 17.2. The lowest BCUT2D eigenvalue weighted by molar-refractivity contribution is 0.670. The van der Waals surface area contributed by atoms with Gasteiger partial charge in [0.1, 0.15) is 5.01 Å². The molecule has 0 saturated carbocycles. The Balaban J connectivity index is 1.54. The number of anilines is 1. The number of aromatic nitrogens is 6. The molecule has 31 heavy (non-hydrogen) atoms. The molecule has 0 spiro atoms. The molecule has 4 aromatic rings. The number of benzene rings is 1. The van der Waals surface area contributed by atoms with Gasteiger partial charge in [0.15, 0.2) is 15.5 Å². The predicted octanol–water partition coefficient (Wildman–Crippen LogP) is 1.94. The van der Waals surface area contributed by atoms with Crippen LogP contribution in [0.1, 0.15) is 16.1 Å². The first kappa shape index (κ1) is 20.0. The van der Waals surface area contributed by atoms with Gasteiger partial charge in [0, 0.05) is 32.4 Å². The van der Waals surface area contributed by atoms with Gasteiger partial charge in [-0.1, -0.05) is 47.4 Å². The minimum atomic E-state index is -0.462. The monoisotopic (exact) mass is 455 g/mol. The Morgan fingerprint density at radius 1 is 1.19 bits per heavy atom. The molecular weight excluding hydrogens is 434 g/mol. The van der Waals surface area contributed by atoms with Crippen LogP contribution in [0.3, 0.4) is 0 Å². The van der Waals surface area contributed by atoms with Gasteiger partial charge in [0.05, 0.1) is 0 Å². The summed E-state index contributed by atoms with van der Waals surface area (Å²) in [7, 11) is 1.63. The van der Waals surface area contributed by atoms with Crippen LogP contribution in [0.4, 0.5) is 5.95 Å². The van der Waals surface area contributed by atoms with Crippen molar-refractivity contribution < 1.29 is 0 Å². The van der Waals surface area contributed by atoms with Crippen LogP contribution in [0.5, 0.6) is 0 Å². The van der Waals surface area contributed by atoms with Gasteiger partial charge in [-0.2, -0.15) is 4.98 Å². The minimum absolute atomic E-state index is 0.402. The van der Waals surface area contributed by atoms with Crippen molar-refractivity contribution in [3.05, 3.63) is 61.2 Å². The Morgan fingerprint density at radius 2 is 2.00 bits per heavy atom. The maximum absolute atomic E-state index is 12.7. The fourth-order valence-corrected chi connectivity index (χ4v) is 5.71. The molecule has 0 radical (unpaired) electrons. The molecule has 0 unspecified atom stereocenters. The largest absolute Gasteiger partial charge is 0.338 e. The van der Waals surface area contributed by atoms with E-state index in [1.807, 2.05) is 17.6 Å². The molecule has 0 atom stereocenters. The fraction of sp³-hybridized carbons (Fsp3) is 0.350. The van der Waals surface area contributed by atoms with Crippen LogP contribution in [0.25, 0.3) is 11.2 Å². The van der Waals surface area contributed by atoms with E-state index in [4.69, 9.17) is 4.98 Å². The highest BCUT2D eigenvalue weighted by molar-refractivity contribution is 8.01. The van der Waals surface area contributed by atoms with Crippen LogP contribution in [0, 0.1) is 6.92 Å². The van der Waals surface area contributed by atoms with Crippen molar-refractivity contribution in [3.8, 4) is 0 Å². The number of nitrogens with zero attached hydrogens (tertiary/aromatic N) is 6. The second-order valence-electron chi connectivity index (χ2n) is 7.43. The first-order chi connectivity index (χ1) is 15.0. The van der Waals surface area contributed by atoms with Crippen molar-refractivity contribution in [2.45, 2.75) is 30.8 Å². The summed E-state index contributed by atoms with van der Waals surface area (Å²) in [6.45, 7) is 4.01. The molecule has 5 rings (SSSR count). The predicted molar refractivity (Wildman–Crippen MR) is 122 cm³/mol. The summed E-state index contributed by atoms with van der Waals surface area (Å²) in [6.07, 6.45) is 0.910. The second kappa shape index (κ2) is 7.97. The van der Waals surface area contributed by atoms with Crippen LogP contribution < -0.4 is 16.1 Å². The maximum atomic E-state index is 12.7. The SMILES string of the molecule is Cc1nnc(SCCn2c(N3CCc4ccccc4C3)nc3c2c(=O)[nH]c(=O)n3C)s1. The van der Waals surface area contributed by atoms with E-state index >= 15 is 0 Å². The molecule has 160 valence electrons. The van der Waals surface area contributed by atoms with Crippen LogP contribution in [0.2, 0.25) is 0 Å². The van der Waals surface area contributed by atoms with Crippen LogP contribution in [-0.4, -0.2) is 41.6 Å². The number of nitrogens with one attached hydrogen (secondary N) is 1. The first-order valence-corrected chi connectivity index (χ1v) is 11.8. The Bertz CT molecular complexity index is 1380. The molecule has 11 heteroatoms. The zero-order valence-corrected chi connectivity index (χ0v) is 18.8. The maximum Gasteiger partial charge on any atom is 0.329 e. The number of imidazole rings is 1. The van der Waals surface area contributed by atoms with Gasteiger partial charge in [-0.15, -0.1) is 10.2 Å². The third kappa shape index (κ3) is 3.68. The van der Waals surface area contributed by atoms with E-state index in [0.717, 1.165) is 22.3 Å². The van der Waals surface area contributed by atoms with Crippen LogP contribution in [-0.2, 0) is 26.6 Å². The van der Waals surface area contributed by atoms with E-state index < -0.39 is 11.2 Å². The summed E-state index contributed by atoms with van der Waals surface area (Å²) in [5, 5.41) is 9.14. The molecule has 0 saturated heterocycles. The van der Waals surface area contributed by atoms with E-state index in [9.17, 15) is 9.59 Å². The highest BCUT2D eigenvalue weighted by Crippen LogP contribution is 2.28. The van der Waals surface area contributed by atoms with Crippen molar-refractivity contribution in [1.29, 1.82) is 0 Å². The number of aryl methyl sites for hydroxylation is 3. The van der Waals surface area contributed by atoms with Crippen molar-refractivity contribution in [3.63, 3.8) is 0 Å². The van der Waals surface area contributed by atoms with Crippen molar-refractivity contribution in [2.75, 3.05) is 17.2 Å². The molecule has 1 aromatic carbocycles. The molecule has 1 aliphatic heterocycles. The van der Waals surface area contributed by atoms with E-state index in [2.05, 4.69) is 38.3 Å². The lowest BCUT2D eigenvalue weighted by Gasteiger charge is -2.30. The minimum Gasteiger partial charge on any atom is -0.338 e. The van der Waals surface area contributed by atoms with Gasteiger partial charge in [-0.25, -0.2) is 4.79 Å². The molecule has 1 N–H and O–H groups in total. The second-order valence-corrected chi connectivity index (χ2v) is 9.95. The lowest BCUT2D eigenvalue weighted by Crippen LogP contribution is -2.33. The summed E-state index contributed by atoms with van der Waals surface area (Å²) < 4.78 is 4.23. The lowest BCUT2D eigenvalue weighted by atomic mass is 10.0. The third-order valence-corrected chi connectivity index (χ3v) is 7.40. The quantitative estimate of drug-likeness (QED) is 0.459. The normalized spacial score (nSPS) is 13.7. The summed E-state index contributed by atoms with van der Waals surface area (Å²) in [5.41, 5.74) is 2.55. The summed E-state index contributed by atoms with van der Waals surface area (Å²) >= 11 is 3.15. The van der Waals surface area contributed by atoms with Gasteiger partial charge in [-0.05, 0) is 24.5 Å². The third-order valence-electron chi connectivity index (χ3n) is 5.45. The topological polar surface area (TPSA) is 102 Å². The standard InChI is InChI=1S/C20H21N7O2S2/c1-12-23-24-20(31-12)30-10-9-27-15-16(25(2)19(29)22-17(15)28)21-18(27)26-8-7-13-5-3-4-6-14(13)11-26/h3-6H,7-11H2,1-2H3,(H,22,28,29). The van der Waals surface area contributed by atoms with Crippen molar-refractivity contribution >= 4 is 40.2 Å². The van der Waals surface area contributed by atoms with Gasteiger partial charge >= 0.3 is 5.69 Å². The molecule has 9 nitrogen and oxygen atoms in total. The molecule has 0 amide bonds. The number of thioether (sulfide) groups is 1. The van der Waals surface area contributed by atoms with Gasteiger partial charge in [0.2, 0.25) is 5.95 Å². The van der Waals surface area contributed by atoms with Crippen LogP contribution >= 0.6 is 23.1 Å². The molecule has 0 fully saturated rings. The van der Waals surface area contributed by atoms with Gasteiger partial charge in [-0.3, -0.25) is 14.3 Å². The average Bonchev–Trinajstić information content (AvgIpc) is 3.36. The van der Waals surface area contributed by atoms with E-state index in [1.165, 1.54) is 15.7 Å². The highest BCUT2D eigenvalue weighted by Gasteiger charge is 2.24. The molecular formula is C20H21N7O2S2. The Hall–Kier alpha value is -2.92. The number of rotatable bonds is 5. The molecule has 4 heterocycles. The first-order valence-electron chi connectivity index (χ1n) is 9.95. The fourth-order valence-electron chi connectivity index (χ4n) is 3.90. The van der Waals surface area contributed by atoms with E-state index in [-0.39, 0.29) is 0 Å². The van der Waals surface area contributed by atoms with Gasteiger partial charge < -0.3 is 9.47 Å². The van der Waals surface area contributed by atoms with Crippen molar-refractivity contribution in [2.24, 2.45) is 7.05 Å². The van der Waals surface area contributed by atoms with Crippen molar-refractivity contribution in [1.82, 2.24) is 29.3 Å². The highest BCUT2D eigenvalue weighted by atomic mass is 32.2. The number of fused-ring (bicyclic) bond motifs is 2. The zero-order chi connectivity index (χ0) is 21.5. The number of hydrogen-bond acceptors (Lipinski definition) is 8. The molecule has 0 aliphatic carbocycles. The smallest absolute Gasteiger partial charge is 0.329 e. The Kier molecular flexibility index (Phi) is 5.14. The summed E-state index contributed by atoms with van der Waals surface area (Å²) in [6, 6.07) is 8.39. The Morgan fingerprint density at radius 3 is 2.77 bits per heavy atom. The van der Waals surface area contributed by atoms with E-state index in [0.29, 0.717) is 36.0 Å². The average molecular weight is 456 g/mol. The summed E-state index contributed by atoms with van der Waals surface area (Å²) in [5.74, 6) is 1.42. The molecule has 0 bridgehead atoms. The summed E-state index contributed by atoms with van der Waals surface area (Å²) in [4.78, 5) is 34.2. The van der Waals surface area contributed by atoms with E-state index in [1.54, 1.807) is 30.1 Å². The van der Waals surface area contributed by atoms with Crippen LogP contribution in [0.15, 0.2) is 38.2 Å².